The van der Waals surface area contributed by atoms with Crippen LogP contribution in [0.1, 0.15) is 42.4 Å². The number of hydrogen-bond donors (Lipinski definition) is 0. The zero-order valence-electron chi connectivity index (χ0n) is 11.9. The minimum atomic E-state index is 0.483. The van der Waals surface area contributed by atoms with Gasteiger partial charge in [-0.2, -0.15) is 0 Å². The van der Waals surface area contributed by atoms with Crippen LogP contribution in [0.2, 0.25) is 5.02 Å². The highest BCUT2D eigenvalue weighted by Crippen LogP contribution is 2.25. The Labute approximate surface area is 135 Å². The molecule has 1 unspecified atom stereocenters. The predicted octanol–water partition coefficient (Wildman–Crippen LogP) is 6.18. The average molecular weight is 352 g/mol. The zero-order chi connectivity index (χ0) is 14.5. The number of hydrogen-bond acceptors (Lipinski definition) is 0. The molecule has 0 aromatic heterocycles. The Morgan fingerprint density at radius 1 is 0.900 bits per heavy atom. The summed E-state index contributed by atoms with van der Waals surface area (Å²) in [5.74, 6) is 1.07. The molecule has 0 saturated carbocycles. The van der Waals surface area contributed by atoms with Crippen LogP contribution < -0.4 is 0 Å². The fourth-order valence-corrected chi connectivity index (χ4v) is 3.05. The summed E-state index contributed by atoms with van der Waals surface area (Å²) in [6.07, 6.45) is 1.05. The second kappa shape index (κ2) is 7.28. The van der Waals surface area contributed by atoms with E-state index in [1.807, 2.05) is 12.1 Å². The van der Waals surface area contributed by atoms with Crippen molar-refractivity contribution in [1.29, 1.82) is 0 Å². The van der Waals surface area contributed by atoms with Gasteiger partial charge in [-0.05, 0) is 47.1 Å². The van der Waals surface area contributed by atoms with Crippen LogP contribution in [0, 0.1) is 0 Å². The summed E-state index contributed by atoms with van der Waals surface area (Å²) in [5.41, 5.74) is 4.11. The van der Waals surface area contributed by atoms with Crippen LogP contribution in [-0.2, 0) is 6.42 Å². The van der Waals surface area contributed by atoms with E-state index in [1.165, 1.54) is 16.7 Å². The minimum absolute atomic E-state index is 0.483. The smallest absolute Gasteiger partial charge is 0.0406 e. The van der Waals surface area contributed by atoms with E-state index in [0.29, 0.717) is 11.8 Å². The van der Waals surface area contributed by atoms with Gasteiger partial charge in [0.25, 0.3) is 0 Å². The fourth-order valence-electron chi connectivity index (χ4n) is 2.32. The maximum absolute atomic E-state index is 5.96. The normalized spacial score (nSPS) is 12.7. The molecule has 0 heterocycles. The van der Waals surface area contributed by atoms with Gasteiger partial charge in [0.2, 0.25) is 0 Å². The Hall–Kier alpha value is -0.790. The van der Waals surface area contributed by atoms with E-state index < -0.39 is 0 Å². The Morgan fingerprint density at radius 3 is 1.95 bits per heavy atom. The summed E-state index contributed by atoms with van der Waals surface area (Å²) in [6, 6.07) is 17.2. The first-order chi connectivity index (χ1) is 9.60. The molecule has 0 aliphatic heterocycles. The Kier molecular flexibility index (Phi) is 5.68. The van der Waals surface area contributed by atoms with Gasteiger partial charge in [0.1, 0.15) is 0 Å². The SMILES string of the molecule is CC(C)c1ccc(CC(CBr)c2ccc(Cl)cc2)cc1. The molecule has 106 valence electrons. The number of halogens is 2. The molecule has 1 atom stereocenters. The van der Waals surface area contributed by atoms with Gasteiger partial charge < -0.3 is 0 Å². The third-order valence-electron chi connectivity index (χ3n) is 3.66. The quantitative estimate of drug-likeness (QED) is 0.564. The van der Waals surface area contributed by atoms with Gasteiger partial charge in [0.15, 0.2) is 0 Å². The largest absolute Gasteiger partial charge is 0.0921 e. The van der Waals surface area contributed by atoms with Crippen LogP contribution in [0.15, 0.2) is 48.5 Å². The third kappa shape index (κ3) is 4.10. The van der Waals surface area contributed by atoms with Crippen LogP contribution in [0.25, 0.3) is 0 Å². The molecule has 2 heteroatoms. The second-order valence-electron chi connectivity index (χ2n) is 5.50. The minimum Gasteiger partial charge on any atom is -0.0921 e. The first-order valence-electron chi connectivity index (χ1n) is 7.00. The lowest BCUT2D eigenvalue weighted by Crippen LogP contribution is -2.04. The molecule has 20 heavy (non-hydrogen) atoms. The summed E-state index contributed by atoms with van der Waals surface area (Å²) >= 11 is 9.59. The third-order valence-corrected chi connectivity index (χ3v) is 4.69. The van der Waals surface area contributed by atoms with Crippen molar-refractivity contribution in [3.63, 3.8) is 0 Å². The summed E-state index contributed by atoms with van der Waals surface area (Å²) in [4.78, 5) is 0. The van der Waals surface area contributed by atoms with E-state index in [4.69, 9.17) is 11.6 Å². The summed E-state index contributed by atoms with van der Waals surface area (Å²) in [6.45, 7) is 4.45. The molecule has 0 aliphatic carbocycles. The number of benzene rings is 2. The molecule has 0 amide bonds. The molecule has 2 rings (SSSR count). The Balaban J connectivity index is 2.11. The van der Waals surface area contributed by atoms with Crippen molar-refractivity contribution < 1.29 is 0 Å². The summed E-state index contributed by atoms with van der Waals surface area (Å²) in [7, 11) is 0. The van der Waals surface area contributed by atoms with Crippen molar-refractivity contribution in [2.45, 2.75) is 32.1 Å². The van der Waals surface area contributed by atoms with Gasteiger partial charge in [-0.15, -0.1) is 0 Å². The standard InChI is InChI=1S/C18H20BrCl/c1-13(2)15-5-3-14(4-6-15)11-17(12-19)16-7-9-18(20)10-8-16/h3-10,13,17H,11-12H2,1-2H3. The first-order valence-corrected chi connectivity index (χ1v) is 8.50. The van der Waals surface area contributed by atoms with Crippen LogP contribution >= 0.6 is 27.5 Å². The molecular formula is C18H20BrCl. The number of rotatable bonds is 5. The van der Waals surface area contributed by atoms with Crippen molar-refractivity contribution in [2.75, 3.05) is 5.33 Å². The van der Waals surface area contributed by atoms with E-state index in [9.17, 15) is 0 Å². The topological polar surface area (TPSA) is 0 Å². The molecule has 0 fully saturated rings. The predicted molar refractivity (Wildman–Crippen MR) is 92.2 cm³/mol. The monoisotopic (exact) mass is 350 g/mol. The first kappa shape index (κ1) is 15.6. The van der Waals surface area contributed by atoms with Crippen molar-refractivity contribution in [3.05, 3.63) is 70.2 Å². The maximum Gasteiger partial charge on any atom is 0.0406 e. The van der Waals surface area contributed by atoms with Gasteiger partial charge in [-0.3, -0.25) is 0 Å². The lowest BCUT2D eigenvalue weighted by Gasteiger charge is -2.15. The van der Waals surface area contributed by atoms with E-state index in [2.05, 4.69) is 66.2 Å². The highest BCUT2D eigenvalue weighted by atomic mass is 79.9. The van der Waals surface area contributed by atoms with Gasteiger partial charge in [-0.25, -0.2) is 0 Å². The van der Waals surface area contributed by atoms with E-state index in [0.717, 1.165) is 16.8 Å². The molecule has 0 N–H and O–H groups in total. The Morgan fingerprint density at radius 2 is 1.45 bits per heavy atom. The van der Waals surface area contributed by atoms with Crippen molar-refractivity contribution in [2.24, 2.45) is 0 Å². The molecule has 0 bridgehead atoms. The highest BCUT2D eigenvalue weighted by molar-refractivity contribution is 9.09. The van der Waals surface area contributed by atoms with Gasteiger partial charge in [-0.1, -0.05) is 77.8 Å². The molecule has 0 saturated heterocycles. The molecule has 0 radical (unpaired) electrons. The lowest BCUT2D eigenvalue weighted by molar-refractivity contribution is 0.773. The van der Waals surface area contributed by atoms with Gasteiger partial charge in [0.05, 0.1) is 0 Å². The summed E-state index contributed by atoms with van der Waals surface area (Å²) < 4.78 is 0. The second-order valence-corrected chi connectivity index (χ2v) is 6.59. The van der Waals surface area contributed by atoms with Crippen molar-refractivity contribution in [1.82, 2.24) is 0 Å². The highest BCUT2D eigenvalue weighted by Gasteiger charge is 2.11. The van der Waals surface area contributed by atoms with E-state index >= 15 is 0 Å². The Bertz CT molecular complexity index is 528. The van der Waals surface area contributed by atoms with E-state index in [-0.39, 0.29) is 0 Å². The maximum atomic E-state index is 5.96. The molecule has 2 aromatic rings. The van der Waals surface area contributed by atoms with Crippen LogP contribution in [0.3, 0.4) is 0 Å². The van der Waals surface area contributed by atoms with E-state index in [1.54, 1.807) is 0 Å². The zero-order valence-corrected chi connectivity index (χ0v) is 14.3. The van der Waals surface area contributed by atoms with Crippen molar-refractivity contribution >= 4 is 27.5 Å². The van der Waals surface area contributed by atoms with Crippen molar-refractivity contribution in [3.8, 4) is 0 Å². The van der Waals surface area contributed by atoms with Crippen LogP contribution in [0.5, 0.6) is 0 Å². The van der Waals surface area contributed by atoms with Crippen LogP contribution in [-0.4, -0.2) is 5.33 Å². The molecule has 0 spiro atoms. The molecule has 0 nitrogen and oxygen atoms in total. The van der Waals surface area contributed by atoms with Gasteiger partial charge >= 0.3 is 0 Å². The average Bonchev–Trinajstić information content (AvgIpc) is 2.46. The molecule has 2 aromatic carbocycles. The molecular weight excluding hydrogens is 332 g/mol. The fraction of sp³-hybridized carbons (Fsp3) is 0.333. The van der Waals surface area contributed by atoms with Gasteiger partial charge in [0, 0.05) is 10.4 Å². The molecule has 0 aliphatic rings. The summed E-state index contributed by atoms with van der Waals surface area (Å²) in [5, 5.41) is 1.75. The number of alkyl halides is 1. The van der Waals surface area contributed by atoms with Crippen LogP contribution in [0.4, 0.5) is 0 Å². The lowest BCUT2D eigenvalue weighted by atomic mass is 9.92.